The van der Waals surface area contributed by atoms with Gasteiger partial charge in [0.25, 0.3) is 0 Å². The third kappa shape index (κ3) is 2.31. The highest BCUT2D eigenvalue weighted by molar-refractivity contribution is 9.10. The van der Waals surface area contributed by atoms with Crippen molar-refractivity contribution in [2.75, 3.05) is 5.73 Å². The van der Waals surface area contributed by atoms with Crippen molar-refractivity contribution in [1.82, 2.24) is 0 Å². The van der Waals surface area contributed by atoms with E-state index in [1.165, 1.54) is 0 Å². The van der Waals surface area contributed by atoms with Crippen LogP contribution in [-0.2, 0) is 0 Å². The molecule has 4 heteroatoms. The number of benzene rings is 2. The quantitative estimate of drug-likeness (QED) is 0.594. The van der Waals surface area contributed by atoms with Crippen LogP contribution in [0.3, 0.4) is 0 Å². The molecule has 0 aliphatic carbocycles. The molecule has 1 nitrogen and oxygen atoms in total. The Morgan fingerprint density at radius 1 is 1.18 bits per heavy atom. The van der Waals surface area contributed by atoms with Gasteiger partial charge in [0.15, 0.2) is 5.82 Å². The van der Waals surface area contributed by atoms with Crippen molar-refractivity contribution in [2.45, 2.75) is 6.92 Å². The zero-order chi connectivity index (χ0) is 12.6. The van der Waals surface area contributed by atoms with Crippen LogP contribution in [0.25, 0.3) is 11.1 Å². The summed E-state index contributed by atoms with van der Waals surface area (Å²) in [6.45, 7) is 1.91. The van der Waals surface area contributed by atoms with Gasteiger partial charge in [0, 0.05) is 15.7 Å². The smallest absolute Gasteiger partial charge is 0.150 e. The van der Waals surface area contributed by atoms with Crippen molar-refractivity contribution in [2.24, 2.45) is 0 Å². The third-order valence-electron chi connectivity index (χ3n) is 2.59. The first-order valence-corrected chi connectivity index (χ1v) is 6.18. The molecule has 2 N–H and O–H groups in total. The van der Waals surface area contributed by atoms with Crippen molar-refractivity contribution in [1.29, 1.82) is 0 Å². The molecular formula is C13H10BrClFN. The van der Waals surface area contributed by atoms with E-state index in [1.807, 2.05) is 13.0 Å². The number of aryl methyl sites for hydroxylation is 1. The van der Waals surface area contributed by atoms with Crippen LogP contribution in [0.4, 0.5) is 10.1 Å². The number of nitrogen functional groups attached to an aromatic ring is 1. The van der Waals surface area contributed by atoms with Gasteiger partial charge in [-0.25, -0.2) is 4.39 Å². The van der Waals surface area contributed by atoms with E-state index >= 15 is 0 Å². The van der Waals surface area contributed by atoms with Gasteiger partial charge in [-0.2, -0.15) is 0 Å². The lowest BCUT2D eigenvalue weighted by atomic mass is 9.99. The second-order valence-electron chi connectivity index (χ2n) is 3.80. The summed E-state index contributed by atoms with van der Waals surface area (Å²) in [4.78, 5) is 0. The standard InChI is InChI=1S/C13H10BrClFN/c1-7-2-3-8(17)6-10(7)9-4-5-11(14)12(15)13(9)16/h2-6H,17H2,1H3. The van der Waals surface area contributed by atoms with Gasteiger partial charge in [0.1, 0.15) is 0 Å². The highest BCUT2D eigenvalue weighted by Crippen LogP contribution is 2.35. The summed E-state index contributed by atoms with van der Waals surface area (Å²) in [7, 11) is 0. The molecule has 0 fully saturated rings. The monoisotopic (exact) mass is 313 g/mol. The average molecular weight is 315 g/mol. The molecule has 88 valence electrons. The summed E-state index contributed by atoms with van der Waals surface area (Å²) in [5.41, 5.74) is 8.50. The normalized spacial score (nSPS) is 10.6. The van der Waals surface area contributed by atoms with E-state index in [4.69, 9.17) is 17.3 Å². The fraction of sp³-hybridized carbons (Fsp3) is 0.0769. The van der Waals surface area contributed by atoms with E-state index in [0.29, 0.717) is 15.7 Å². The highest BCUT2D eigenvalue weighted by atomic mass is 79.9. The SMILES string of the molecule is Cc1ccc(N)cc1-c1ccc(Br)c(Cl)c1F. The topological polar surface area (TPSA) is 26.0 Å². The molecule has 17 heavy (non-hydrogen) atoms. The number of halogens is 3. The predicted octanol–water partition coefficient (Wildman–Crippen LogP) is 4.80. The maximum atomic E-state index is 14.1. The second-order valence-corrected chi connectivity index (χ2v) is 5.03. The molecule has 0 bridgehead atoms. The van der Waals surface area contributed by atoms with Crippen LogP contribution in [-0.4, -0.2) is 0 Å². The molecule has 0 amide bonds. The zero-order valence-electron chi connectivity index (χ0n) is 9.10. The van der Waals surface area contributed by atoms with E-state index in [-0.39, 0.29) is 5.02 Å². The molecule has 0 aliphatic heterocycles. The molecule has 2 rings (SSSR count). The molecule has 0 atom stereocenters. The van der Waals surface area contributed by atoms with Crippen LogP contribution < -0.4 is 5.73 Å². The Morgan fingerprint density at radius 3 is 2.59 bits per heavy atom. The molecule has 0 spiro atoms. The minimum atomic E-state index is -0.435. The summed E-state index contributed by atoms with van der Waals surface area (Å²) < 4.78 is 14.6. The average Bonchev–Trinajstić information content (AvgIpc) is 2.30. The van der Waals surface area contributed by atoms with Gasteiger partial charge in [-0.3, -0.25) is 0 Å². The summed E-state index contributed by atoms with van der Waals surface area (Å²) >= 11 is 9.06. The van der Waals surface area contributed by atoms with Crippen LogP contribution >= 0.6 is 27.5 Å². The Bertz CT molecular complexity index is 584. The lowest BCUT2D eigenvalue weighted by Crippen LogP contribution is -1.92. The van der Waals surface area contributed by atoms with Gasteiger partial charge in [-0.15, -0.1) is 0 Å². The Kier molecular flexibility index (Phi) is 3.40. The van der Waals surface area contributed by atoms with Gasteiger partial charge in [-0.1, -0.05) is 23.7 Å². The molecule has 0 unspecified atom stereocenters. The molecule has 0 aliphatic rings. The second kappa shape index (κ2) is 4.67. The Balaban J connectivity index is 2.69. The minimum absolute atomic E-state index is 0.0873. The van der Waals surface area contributed by atoms with Crippen molar-refractivity contribution < 1.29 is 4.39 Å². The molecule has 2 aromatic carbocycles. The van der Waals surface area contributed by atoms with Crippen LogP contribution in [0.5, 0.6) is 0 Å². The van der Waals surface area contributed by atoms with E-state index in [1.54, 1.807) is 24.3 Å². The van der Waals surface area contributed by atoms with E-state index in [9.17, 15) is 4.39 Å². The van der Waals surface area contributed by atoms with Crippen molar-refractivity contribution in [3.05, 3.63) is 51.2 Å². The summed E-state index contributed by atoms with van der Waals surface area (Å²) in [6.07, 6.45) is 0. The van der Waals surface area contributed by atoms with E-state index in [2.05, 4.69) is 15.9 Å². The zero-order valence-corrected chi connectivity index (χ0v) is 11.4. The predicted molar refractivity (Wildman–Crippen MR) is 73.7 cm³/mol. The van der Waals surface area contributed by atoms with Crippen molar-refractivity contribution in [3.63, 3.8) is 0 Å². The molecule has 0 aromatic heterocycles. The van der Waals surface area contributed by atoms with Crippen LogP contribution in [0.1, 0.15) is 5.56 Å². The molecule has 0 heterocycles. The molecule has 0 saturated carbocycles. The number of hydrogen-bond acceptors (Lipinski definition) is 1. The number of nitrogens with two attached hydrogens (primary N) is 1. The number of hydrogen-bond donors (Lipinski definition) is 1. The molecule has 0 radical (unpaired) electrons. The first-order chi connectivity index (χ1) is 8.00. The van der Waals surface area contributed by atoms with Crippen LogP contribution in [0, 0.1) is 12.7 Å². The van der Waals surface area contributed by atoms with Gasteiger partial charge in [0.2, 0.25) is 0 Å². The highest BCUT2D eigenvalue weighted by Gasteiger charge is 2.13. The lowest BCUT2D eigenvalue weighted by Gasteiger charge is -2.10. The minimum Gasteiger partial charge on any atom is -0.399 e. The Labute approximate surface area is 113 Å². The maximum Gasteiger partial charge on any atom is 0.150 e. The first-order valence-electron chi connectivity index (χ1n) is 5.00. The van der Waals surface area contributed by atoms with Gasteiger partial charge in [-0.05, 0) is 52.2 Å². The first kappa shape index (κ1) is 12.4. The van der Waals surface area contributed by atoms with Crippen molar-refractivity contribution in [3.8, 4) is 11.1 Å². The van der Waals surface area contributed by atoms with Gasteiger partial charge >= 0.3 is 0 Å². The van der Waals surface area contributed by atoms with Gasteiger partial charge in [0.05, 0.1) is 5.02 Å². The van der Waals surface area contributed by atoms with Gasteiger partial charge < -0.3 is 5.73 Å². The lowest BCUT2D eigenvalue weighted by molar-refractivity contribution is 0.631. The fourth-order valence-electron chi connectivity index (χ4n) is 1.66. The van der Waals surface area contributed by atoms with E-state index in [0.717, 1.165) is 11.1 Å². The Morgan fingerprint density at radius 2 is 1.88 bits per heavy atom. The number of rotatable bonds is 1. The molecule has 2 aromatic rings. The maximum absolute atomic E-state index is 14.1. The number of anilines is 1. The summed E-state index contributed by atoms with van der Waals surface area (Å²) in [5.74, 6) is -0.435. The molecule has 0 saturated heterocycles. The van der Waals surface area contributed by atoms with Crippen LogP contribution in [0.2, 0.25) is 5.02 Å². The molecular weight excluding hydrogens is 305 g/mol. The summed E-state index contributed by atoms with van der Waals surface area (Å²) in [5, 5.41) is 0.0873. The largest absolute Gasteiger partial charge is 0.399 e. The van der Waals surface area contributed by atoms with Crippen LogP contribution in [0.15, 0.2) is 34.8 Å². The third-order valence-corrected chi connectivity index (χ3v) is 3.85. The summed E-state index contributed by atoms with van der Waals surface area (Å²) in [6, 6.07) is 8.81. The van der Waals surface area contributed by atoms with E-state index < -0.39 is 5.82 Å². The van der Waals surface area contributed by atoms with Crippen molar-refractivity contribution >= 4 is 33.2 Å². The fourth-order valence-corrected chi connectivity index (χ4v) is 2.13. The Hall–Kier alpha value is -1.06.